The fourth-order valence-electron chi connectivity index (χ4n) is 3.30. The first kappa shape index (κ1) is 15.1. The largest absolute Gasteiger partial charge is 0.417 e. The second-order valence-electron chi connectivity index (χ2n) is 6.02. The van der Waals surface area contributed by atoms with E-state index in [1.54, 1.807) is 0 Å². The van der Waals surface area contributed by atoms with Gasteiger partial charge in [0.2, 0.25) is 0 Å². The Morgan fingerprint density at radius 2 is 1.71 bits per heavy atom. The summed E-state index contributed by atoms with van der Waals surface area (Å²) in [5.41, 5.74) is 2.17. The number of hydrogen-bond acceptors (Lipinski definition) is 5. The topological polar surface area (TPSA) is 82.0 Å². The summed E-state index contributed by atoms with van der Waals surface area (Å²) in [6, 6.07) is 5.75. The molecule has 0 radical (unpaired) electrons. The minimum absolute atomic E-state index is 0.0873. The van der Waals surface area contributed by atoms with Gasteiger partial charge in [-0.25, -0.2) is 9.59 Å². The molecule has 0 aliphatic carbocycles. The predicted octanol–water partition coefficient (Wildman–Crippen LogP) is 0.695. The first-order valence-electron chi connectivity index (χ1n) is 8.21. The van der Waals surface area contributed by atoms with Crippen LogP contribution in [0.25, 0.3) is 11.1 Å². The monoisotopic (exact) mass is 332 g/mol. The minimum atomic E-state index is -0.446. The lowest BCUT2D eigenvalue weighted by atomic mass is 10.2. The van der Waals surface area contributed by atoms with Crippen molar-refractivity contribution in [2.24, 2.45) is 0 Å². The molecule has 1 N–H and O–H groups in total. The van der Waals surface area contributed by atoms with Crippen molar-refractivity contribution in [3.63, 3.8) is 0 Å². The number of nitrogens with zero attached hydrogens (tertiary/aromatic N) is 3. The number of aromatic amines is 1. The van der Waals surface area contributed by atoms with Gasteiger partial charge in [-0.15, -0.1) is 0 Å². The third-order valence-corrected chi connectivity index (χ3v) is 4.60. The Labute approximate surface area is 138 Å². The third-order valence-electron chi connectivity index (χ3n) is 4.60. The maximum Gasteiger partial charge on any atom is 0.417 e. The number of fused-ring (bicyclic) bond motifs is 1. The molecule has 2 fully saturated rings. The van der Waals surface area contributed by atoms with Crippen LogP contribution in [0.5, 0.6) is 0 Å². The molecule has 8 nitrogen and oxygen atoms in total. The number of oxazole rings is 1. The van der Waals surface area contributed by atoms with Crippen LogP contribution in [0.2, 0.25) is 0 Å². The Balaban J connectivity index is 1.45. The number of benzene rings is 1. The summed E-state index contributed by atoms with van der Waals surface area (Å²) in [6.07, 6.45) is 0. The van der Waals surface area contributed by atoms with E-state index in [1.165, 1.54) is 0 Å². The number of H-pyrrole nitrogens is 1. The zero-order valence-electron chi connectivity index (χ0n) is 13.4. The van der Waals surface area contributed by atoms with Gasteiger partial charge in [0.25, 0.3) is 0 Å². The number of hydrogen-bond donors (Lipinski definition) is 1. The molecule has 24 heavy (non-hydrogen) atoms. The summed E-state index contributed by atoms with van der Waals surface area (Å²) in [5, 5.41) is 0. The fourth-order valence-corrected chi connectivity index (χ4v) is 3.30. The fraction of sp³-hybridized carbons (Fsp3) is 0.500. The van der Waals surface area contributed by atoms with Crippen molar-refractivity contribution in [2.75, 3.05) is 57.4 Å². The van der Waals surface area contributed by atoms with Crippen molar-refractivity contribution in [3.05, 3.63) is 28.7 Å². The van der Waals surface area contributed by atoms with E-state index < -0.39 is 5.76 Å². The molecule has 0 atom stereocenters. The normalized spacial score (nSPS) is 19.1. The second-order valence-corrected chi connectivity index (χ2v) is 6.02. The number of para-hydroxylation sites is 1. The summed E-state index contributed by atoms with van der Waals surface area (Å²) < 4.78 is 10.6. The summed E-state index contributed by atoms with van der Waals surface area (Å²) in [6.45, 7) is 5.27. The molecule has 2 aromatic rings. The molecular formula is C16H20N4O4. The number of urea groups is 1. The van der Waals surface area contributed by atoms with Gasteiger partial charge >= 0.3 is 11.8 Å². The van der Waals surface area contributed by atoms with E-state index in [0.717, 1.165) is 5.69 Å². The van der Waals surface area contributed by atoms with Gasteiger partial charge in [0.05, 0.1) is 24.4 Å². The Morgan fingerprint density at radius 3 is 2.46 bits per heavy atom. The van der Waals surface area contributed by atoms with Gasteiger partial charge in [-0.3, -0.25) is 4.98 Å². The molecule has 1 aromatic carbocycles. The van der Waals surface area contributed by atoms with E-state index in [9.17, 15) is 9.59 Å². The Morgan fingerprint density at radius 1 is 1.00 bits per heavy atom. The number of anilines is 1. The number of nitrogens with one attached hydrogen (secondary N) is 1. The van der Waals surface area contributed by atoms with Crippen LogP contribution in [0.1, 0.15) is 0 Å². The van der Waals surface area contributed by atoms with Gasteiger partial charge in [-0.05, 0) is 12.1 Å². The van der Waals surface area contributed by atoms with Crippen molar-refractivity contribution in [1.82, 2.24) is 14.8 Å². The third kappa shape index (κ3) is 2.73. The lowest BCUT2D eigenvalue weighted by Crippen LogP contribution is -2.54. The maximum atomic E-state index is 12.5. The first-order valence-corrected chi connectivity index (χ1v) is 8.21. The molecule has 0 spiro atoms. The smallest absolute Gasteiger partial charge is 0.406 e. The van der Waals surface area contributed by atoms with Crippen LogP contribution < -0.4 is 10.7 Å². The number of carbonyl (C=O) groups excluding carboxylic acids is 1. The molecule has 128 valence electrons. The van der Waals surface area contributed by atoms with E-state index in [1.807, 2.05) is 28.0 Å². The highest BCUT2D eigenvalue weighted by atomic mass is 16.5. The first-order chi connectivity index (χ1) is 11.7. The number of aromatic nitrogens is 1. The summed E-state index contributed by atoms with van der Waals surface area (Å²) >= 11 is 0. The lowest BCUT2D eigenvalue weighted by Gasteiger charge is -2.39. The maximum absolute atomic E-state index is 12.5. The molecule has 3 heterocycles. The van der Waals surface area contributed by atoms with Crippen LogP contribution in [0.4, 0.5) is 10.5 Å². The van der Waals surface area contributed by atoms with Crippen molar-refractivity contribution >= 4 is 22.8 Å². The molecule has 2 amide bonds. The number of amides is 2. The van der Waals surface area contributed by atoms with Crippen molar-refractivity contribution < 1.29 is 13.9 Å². The highest BCUT2D eigenvalue weighted by molar-refractivity contribution is 5.86. The SMILES string of the molecule is O=C(N1CCOCC1)N1CCN(c2cccc3[nH]c(=O)oc23)CC1. The Hall–Kier alpha value is -2.48. The van der Waals surface area contributed by atoms with Crippen LogP contribution in [0.15, 0.2) is 27.4 Å². The second kappa shape index (κ2) is 6.20. The van der Waals surface area contributed by atoms with Gasteiger partial charge < -0.3 is 23.9 Å². The molecular weight excluding hydrogens is 312 g/mol. The minimum Gasteiger partial charge on any atom is -0.406 e. The van der Waals surface area contributed by atoms with E-state index in [4.69, 9.17) is 9.15 Å². The predicted molar refractivity (Wildman–Crippen MR) is 88.4 cm³/mol. The van der Waals surface area contributed by atoms with E-state index >= 15 is 0 Å². The van der Waals surface area contributed by atoms with Crippen LogP contribution in [-0.2, 0) is 4.74 Å². The highest BCUT2D eigenvalue weighted by Crippen LogP contribution is 2.26. The van der Waals surface area contributed by atoms with Gasteiger partial charge in [0, 0.05) is 39.3 Å². The lowest BCUT2D eigenvalue weighted by molar-refractivity contribution is 0.0428. The molecule has 0 bridgehead atoms. The van der Waals surface area contributed by atoms with Gasteiger partial charge in [0.1, 0.15) is 0 Å². The summed E-state index contributed by atoms with van der Waals surface area (Å²) in [4.78, 5) is 32.5. The van der Waals surface area contributed by atoms with Gasteiger partial charge in [-0.1, -0.05) is 6.07 Å². The van der Waals surface area contributed by atoms with E-state index in [0.29, 0.717) is 63.6 Å². The number of piperazine rings is 1. The molecule has 8 heteroatoms. The van der Waals surface area contributed by atoms with Crippen LogP contribution in [0.3, 0.4) is 0 Å². The average molecular weight is 332 g/mol. The number of ether oxygens (including phenoxy) is 1. The van der Waals surface area contributed by atoms with E-state index in [-0.39, 0.29) is 6.03 Å². The standard InChI is InChI=1S/C16H20N4O4/c21-15-17-12-2-1-3-13(14(12)24-15)18-4-6-19(7-5-18)16(22)20-8-10-23-11-9-20/h1-3H,4-11H2,(H,17,21). The summed E-state index contributed by atoms with van der Waals surface area (Å²) in [5.74, 6) is -0.446. The number of morpholine rings is 1. The summed E-state index contributed by atoms with van der Waals surface area (Å²) in [7, 11) is 0. The number of carbonyl (C=O) groups is 1. The van der Waals surface area contributed by atoms with Crippen LogP contribution in [-0.4, -0.2) is 73.3 Å². The highest BCUT2D eigenvalue weighted by Gasteiger charge is 2.27. The molecule has 0 unspecified atom stereocenters. The molecule has 4 rings (SSSR count). The van der Waals surface area contributed by atoms with E-state index in [2.05, 4.69) is 9.88 Å². The van der Waals surface area contributed by atoms with Crippen LogP contribution in [0, 0.1) is 0 Å². The van der Waals surface area contributed by atoms with Crippen molar-refractivity contribution in [2.45, 2.75) is 0 Å². The Kier molecular flexibility index (Phi) is 3.89. The van der Waals surface area contributed by atoms with Gasteiger partial charge in [-0.2, -0.15) is 0 Å². The van der Waals surface area contributed by atoms with Crippen molar-refractivity contribution in [1.29, 1.82) is 0 Å². The zero-order valence-corrected chi connectivity index (χ0v) is 13.4. The molecule has 1 aromatic heterocycles. The van der Waals surface area contributed by atoms with Crippen molar-refractivity contribution in [3.8, 4) is 0 Å². The molecule has 2 aliphatic heterocycles. The molecule has 2 saturated heterocycles. The Bertz CT molecular complexity index is 785. The molecule has 0 saturated carbocycles. The molecule has 2 aliphatic rings. The quantitative estimate of drug-likeness (QED) is 0.831. The number of rotatable bonds is 1. The zero-order chi connectivity index (χ0) is 16.5. The van der Waals surface area contributed by atoms with Gasteiger partial charge in [0.15, 0.2) is 5.58 Å². The average Bonchev–Trinajstić information content (AvgIpc) is 3.02. The van der Waals surface area contributed by atoms with Crippen LogP contribution >= 0.6 is 0 Å².